The Morgan fingerprint density at radius 2 is 2.25 bits per heavy atom. The van der Waals surface area contributed by atoms with E-state index in [-0.39, 0.29) is 11.5 Å². The number of ether oxygens (including phenoxy) is 1. The molecule has 0 radical (unpaired) electrons. The Kier molecular flexibility index (Phi) is 3.96. The van der Waals surface area contributed by atoms with Gasteiger partial charge in [-0.3, -0.25) is 10.3 Å². The van der Waals surface area contributed by atoms with Crippen molar-refractivity contribution in [1.82, 2.24) is 9.50 Å². The van der Waals surface area contributed by atoms with Gasteiger partial charge in [-0.2, -0.15) is 5.10 Å². The number of rotatable bonds is 5. The number of nitrogens with two attached hydrogens (primary N) is 1. The molecular formula is C10H16N4O5P+. The van der Waals surface area contributed by atoms with Crippen LogP contribution in [0.2, 0.25) is 0 Å². The molecule has 6 N–H and O–H groups in total. The van der Waals surface area contributed by atoms with E-state index in [0.29, 0.717) is 11.9 Å². The molecule has 110 valence electrons. The average molecular weight is 303 g/mol. The minimum atomic E-state index is -4.19. The van der Waals surface area contributed by atoms with Gasteiger partial charge in [-0.05, 0) is 19.1 Å². The third kappa shape index (κ3) is 3.45. The smallest absolute Gasteiger partial charge is 0.365 e. The van der Waals surface area contributed by atoms with Crippen molar-refractivity contribution in [2.24, 2.45) is 0 Å². The van der Waals surface area contributed by atoms with E-state index >= 15 is 0 Å². The molecule has 0 fully saturated rings. The summed E-state index contributed by atoms with van der Waals surface area (Å²) >= 11 is 0. The van der Waals surface area contributed by atoms with Crippen LogP contribution in [0.5, 0.6) is 0 Å². The molecular weight excluding hydrogens is 287 g/mol. The predicted octanol–water partition coefficient (Wildman–Crippen LogP) is -0.893. The van der Waals surface area contributed by atoms with Crippen molar-refractivity contribution in [1.29, 1.82) is 0 Å². The molecule has 2 rings (SSSR count). The van der Waals surface area contributed by atoms with Crippen LogP contribution in [0.3, 0.4) is 0 Å². The van der Waals surface area contributed by atoms with E-state index in [1.807, 2.05) is 0 Å². The SMILES string of the molecule is CC(Cc1ccc2c(=O)[nH]c(N)[nH+]n12)OCP(=O)(O)O. The Morgan fingerprint density at radius 1 is 1.55 bits per heavy atom. The van der Waals surface area contributed by atoms with Crippen molar-refractivity contribution in [2.45, 2.75) is 19.4 Å². The van der Waals surface area contributed by atoms with Crippen molar-refractivity contribution in [2.75, 3.05) is 12.1 Å². The molecule has 0 spiro atoms. The lowest BCUT2D eigenvalue weighted by atomic mass is 10.2. The zero-order valence-corrected chi connectivity index (χ0v) is 11.6. The Labute approximate surface area is 113 Å². The molecule has 20 heavy (non-hydrogen) atoms. The molecule has 0 aromatic carbocycles. The van der Waals surface area contributed by atoms with Crippen molar-refractivity contribution in [3.8, 4) is 0 Å². The number of hydrogen-bond donors (Lipinski definition) is 4. The van der Waals surface area contributed by atoms with Crippen LogP contribution in [-0.4, -0.2) is 31.7 Å². The summed E-state index contributed by atoms with van der Waals surface area (Å²) < 4.78 is 17.3. The fourth-order valence-electron chi connectivity index (χ4n) is 1.86. The van der Waals surface area contributed by atoms with Crippen LogP contribution in [-0.2, 0) is 15.7 Å². The minimum absolute atomic E-state index is 0.115. The highest BCUT2D eigenvalue weighted by Gasteiger charge is 2.17. The number of H-pyrrole nitrogens is 2. The molecule has 0 saturated carbocycles. The largest absolute Gasteiger partial charge is 0.371 e. The van der Waals surface area contributed by atoms with E-state index < -0.39 is 20.0 Å². The van der Waals surface area contributed by atoms with Gasteiger partial charge in [0.1, 0.15) is 6.35 Å². The number of anilines is 1. The maximum absolute atomic E-state index is 11.6. The fourth-order valence-corrected chi connectivity index (χ4v) is 2.31. The zero-order valence-electron chi connectivity index (χ0n) is 10.7. The van der Waals surface area contributed by atoms with Gasteiger partial charge in [0.15, 0.2) is 5.52 Å². The molecule has 1 atom stereocenters. The number of aromatic nitrogens is 3. The van der Waals surface area contributed by atoms with Crippen molar-refractivity contribution in [3.63, 3.8) is 0 Å². The van der Waals surface area contributed by atoms with Gasteiger partial charge in [0.05, 0.1) is 11.8 Å². The van der Waals surface area contributed by atoms with Crippen molar-refractivity contribution >= 4 is 19.1 Å². The molecule has 2 heterocycles. The van der Waals surface area contributed by atoms with E-state index in [1.54, 1.807) is 19.1 Å². The van der Waals surface area contributed by atoms with E-state index in [1.165, 1.54) is 4.52 Å². The molecule has 2 aromatic heterocycles. The van der Waals surface area contributed by atoms with E-state index in [0.717, 1.165) is 5.69 Å². The van der Waals surface area contributed by atoms with Gasteiger partial charge in [-0.1, -0.05) is 0 Å². The summed E-state index contributed by atoms with van der Waals surface area (Å²) in [7, 11) is -4.19. The number of aromatic amines is 2. The number of nitrogen functional groups attached to an aromatic ring is 1. The molecule has 9 nitrogen and oxygen atoms in total. The minimum Gasteiger partial charge on any atom is -0.365 e. The first-order chi connectivity index (χ1) is 9.26. The summed E-state index contributed by atoms with van der Waals surface area (Å²) in [5.74, 6) is 0.115. The number of nitrogens with one attached hydrogen (secondary N) is 2. The average Bonchev–Trinajstić information content (AvgIpc) is 2.69. The van der Waals surface area contributed by atoms with E-state index in [4.69, 9.17) is 20.3 Å². The second-order valence-electron chi connectivity index (χ2n) is 4.50. The molecule has 2 aromatic rings. The predicted molar refractivity (Wildman–Crippen MR) is 70.1 cm³/mol. The molecule has 0 aliphatic rings. The highest BCUT2D eigenvalue weighted by molar-refractivity contribution is 7.51. The Balaban J connectivity index is 2.18. The highest BCUT2D eigenvalue weighted by Crippen LogP contribution is 2.34. The molecule has 0 aliphatic heterocycles. The molecule has 0 aliphatic carbocycles. The molecule has 10 heteroatoms. The van der Waals surface area contributed by atoms with Crippen LogP contribution in [0.4, 0.5) is 5.95 Å². The van der Waals surface area contributed by atoms with Gasteiger partial charge in [0.25, 0.3) is 0 Å². The van der Waals surface area contributed by atoms with Crippen LogP contribution < -0.4 is 16.4 Å². The second kappa shape index (κ2) is 5.37. The van der Waals surface area contributed by atoms with Gasteiger partial charge in [-0.25, -0.2) is 14.3 Å². The number of hydrogen-bond acceptors (Lipinski definition) is 4. The van der Waals surface area contributed by atoms with Crippen molar-refractivity contribution in [3.05, 3.63) is 28.2 Å². The number of nitrogens with zero attached hydrogens (tertiary/aromatic N) is 1. The van der Waals surface area contributed by atoms with Gasteiger partial charge in [0, 0.05) is 6.42 Å². The van der Waals surface area contributed by atoms with E-state index in [9.17, 15) is 9.36 Å². The van der Waals surface area contributed by atoms with Gasteiger partial charge >= 0.3 is 19.1 Å². The fraction of sp³-hybridized carbons (Fsp3) is 0.400. The lowest BCUT2D eigenvalue weighted by molar-refractivity contribution is -0.458. The summed E-state index contributed by atoms with van der Waals surface area (Å²) in [5, 5.41) is 2.79. The second-order valence-corrected chi connectivity index (χ2v) is 6.09. The quantitative estimate of drug-likeness (QED) is 0.527. The first kappa shape index (κ1) is 14.7. The molecule has 1 unspecified atom stereocenters. The summed E-state index contributed by atoms with van der Waals surface area (Å²) in [6.45, 7) is 1.69. The van der Waals surface area contributed by atoms with Crippen LogP contribution in [0.15, 0.2) is 16.9 Å². The van der Waals surface area contributed by atoms with Gasteiger partial charge < -0.3 is 14.5 Å². The Hall–Kier alpha value is -1.67. The summed E-state index contributed by atoms with van der Waals surface area (Å²) in [4.78, 5) is 31.6. The summed E-state index contributed by atoms with van der Waals surface area (Å²) in [6, 6.07) is 3.34. The molecule has 0 bridgehead atoms. The van der Waals surface area contributed by atoms with Crippen LogP contribution in [0.1, 0.15) is 12.6 Å². The van der Waals surface area contributed by atoms with Crippen LogP contribution in [0.25, 0.3) is 5.52 Å². The number of fused-ring (bicyclic) bond motifs is 1. The van der Waals surface area contributed by atoms with Crippen LogP contribution in [0, 0.1) is 0 Å². The monoisotopic (exact) mass is 303 g/mol. The van der Waals surface area contributed by atoms with Crippen molar-refractivity contribution < 1.29 is 24.2 Å². The lowest BCUT2D eigenvalue weighted by Crippen LogP contribution is -2.30. The standard InChI is InChI=1S/C10H15N4O5P/c1-6(19-5-20(16,17)18)4-7-2-3-8-9(15)12-10(11)13-14(7)8/h2-3,6H,4-5H2,1H3,(H2,16,17,18)(H3,11,12,13,15)/p+1. The lowest BCUT2D eigenvalue weighted by Gasteiger charge is -2.13. The topological polar surface area (TPSA) is 144 Å². The first-order valence-corrected chi connectivity index (χ1v) is 7.63. The zero-order chi connectivity index (χ0) is 14.9. The Morgan fingerprint density at radius 3 is 2.90 bits per heavy atom. The summed E-state index contributed by atoms with van der Waals surface area (Å²) in [5.41, 5.74) is 6.33. The highest BCUT2D eigenvalue weighted by atomic mass is 31.2. The Bertz CT molecular complexity index is 718. The molecule has 0 saturated heterocycles. The van der Waals surface area contributed by atoms with E-state index in [2.05, 4.69) is 10.1 Å². The third-order valence-corrected chi connectivity index (χ3v) is 3.18. The summed E-state index contributed by atoms with van der Waals surface area (Å²) in [6.07, 6.45) is -0.688. The van der Waals surface area contributed by atoms with Crippen LogP contribution >= 0.6 is 7.60 Å². The first-order valence-electron chi connectivity index (χ1n) is 5.84. The maximum Gasteiger partial charge on any atom is 0.371 e. The third-order valence-electron chi connectivity index (χ3n) is 2.70. The molecule has 0 amide bonds. The van der Waals surface area contributed by atoms with Gasteiger partial charge in [0.2, 0.25) is 0 Å². The normalized spacial score (nSPS) is 13.8. The maximum atomic E-state index is 11.6. The van der Waals surface area contributed by atoms with Gasteiger partial charge in [-0.15, -0.1) is 0 Å².